The summed E-state index contributed by atoms with van der Waals surface area (Å²) in [6, 6.07) is 0. The zero-order chi connectivity index (χ0) is 11.4. The Bertz CT molecular complexity index is 373. The molecule has 1 unspecified atom stereocenters. The Morgan fingerprint density at radius 2 is 2.27 bits per heavy atom. The van der Waals surface area contributed by atoms with Crippen molar-refractivity contribution in [2.45, 2.75) is 26.5 Å². The molecule has 0 saturated heterocycles. The highest BCUT2D eigenvalue weighted by Crippen LogP contribution is 2.20. The van der Waals surface area contributed by atoms with Gasteiger partial charge in [0.1, 0.15) is 11.9 Å². The third-order valence-corrected chi connectivity index (χ3v) is 2.24. The predicted octanol–water partition coefficient (Wildman–Crippen LogP) is 0.572. The molecule has 0 spiro atoms. The van der Waals surface area contributed by atoms with Gasteiger partial charge in [-0.1, -0.05) is 13.8 Å². The molecule has 3 N–H and O–H groups in total. The van der Waals surface area contributed by atoms with Gasteiger partial charge in [-0.25, -0.2) is 4.98 Å². The van der Waals surface area contributed by atoms with E-state index in [1.54, 1.807) is 7.11 Å². The zero-order valence-electron chi connectivity index (χ0n) is 9.28. The average molecular weight is 211 g/mol. The molecule has 1 rings (SSSR count). The number of H-pyrrole nitrogens is 1. The molecule has 1 heterocycles. The summed E-state index contributed by atoms with van der Waals surface area (Å²) >= 11 is 0. The number of ether oxygens (including phenoxy) is 1. The Morgan fingerprint density at radius 1 is 1.60 bits per heavy atom. The van der Waals surface area contributed by atoms with Crippen molar-refractivity contribution in [3.05, 3.63) is 27.9 Å². The standard InChI is InChI=1S/C10H17N3O2/c1-6(2)8(15-3)9-12-5-7(4-11)10(14)13-9/h5-6,8H,4,11H2,1-3H3,(H,12,13,14). The van der Waals surface area contributed by atoms with Crippen molar-refractivity contribution < 1.29 is 4.74 Å². The van der Waals surface area contributed by atoms with E-state index >= 15 is 0 Å². The molecule has 0 radical (unpaired) electrons. The van der Waals surface area contributed by atoms with E-state index in [1.165, 1.54) is 6.20 Å². The van der Waals surface area contributed by atoms with Gasteiger partial charge in [0, 0.05) is 25.4 Å². The lowest BCUT2D eigenvalue weighted by Gasteiger charge is -2.17. The fourth-order valence-corrected chi connectivity index (χ4v) is 1.42. The highest BCUT2D eigenvalue weighted by Gasteiger charge is 2.17. The normalized spacial score (nSPS) is 13.1. The summed E-state index contributed by atoms with van der Waals surface area (Å²) in [5, 5.41) is 0. The maximum absolute atomic E-state index is 11.5. The van der Waals surface area contributed by atoms with Crippen LogP contribution in [-0.4, -0.2) is 17.1 Å². The van der Waals surface area contributed by atoms with Crippen LogP contribution in [0.3, 0.4) is 0 Å². The minimum absolute atomic E-state index is 0.190. The van der Waals surface area contributed by atoms with Gasteiger partial charge in [-0.05, 0) is 5.92 Å². The predicted molar refractivity (Wildman–Crippen MR) is 57.3 cm³/mol. The van der Waals surface area contributed by atoms with Crippen molar-refractivity contribution in [2.24, 2.45) is 11.7 Å². The first-order valence-corrected chi connectivity index (χ1v) is 4.91. The molecule has 1 atom stereocenters. The number of hydrogen-bond donors (Lipinski definition) is 2. The molecule has 1 aromatic heterocycles. The SMILES string of the molecule is COC(c1ncc(CN)c(=O)[nH]1)C(C)C. The summed E-state index contributed by atoms with van der Waals surface area (Å²) in [6.07, 6.45) is 1.31. The lowest BCUT2D eigenvalue weighted by Crippen LogP contribution is -2.22. The van der Waals surface area contributed by atoms with E-state index < -0.39 is 0 Å². The van der Waals surface area contributed by atoms with Crippen LogP contribution in [0.4, 0.5) is 0 Å². The first-order valence-electron chi connectivity index (χ1n) is 4.91. The molecule has 5 nitrogen and oxygen atoms in total. The molecule has 15 heavy (non-hydrogen) atoms. The van der Waals surface area contributed by atoms with Crippen LogP contribution in [0.15, 0.2) is 11.0 Å². The van der Waals surface area contributed by atoms with E-state index in [1.807, 2.05) is 13.8 Å². The Kier molecular flexibility index (Phi) is 3.99. The number of aromatic amines is 1. The van der Waals surface area contributed by atoms with E-state index in [-0.39, 0.29) is 24.1 Å². The molecule has 0 saturated carbocycles. The summed E-state index contributed by atoms with van der Waals surface area (Å²) in [6.45, 7) is 4.21. The van der Waals surface area contributed by atoms with Crippen molar-refractivity contribution in [2.75, 3.05) is 7.11 Å². The molecule has 0 bridgehead atoms. The van der Waals surface area contributed by atoms with Crippen molar-refractivity contribution in [3.8, 4) is 0 Å². The average Bonchev–Trinajstić information content (AvgIpc) is 2.18. The van der Waals surface area contributed by atoms with Gasteiger partial charge in [0.15, 0.2) is 0 Å². The number of methoxy groups -OCH3 is 1. The Morgan fingerprint density at radius 3 is 2.67 bits per heavy atom. The van der Waals surface area contributed by atoms with E-state index in [4.69, 9.17) is 10.5 Å². The van der Waals surface area contributed by atoms with Crippen LogP contribution in [0.25, 0.3) is 0 Å². The van der Waals surface area contributed by atoms with Crippen molar-refractivity contribution >= 4 is 0 Å². The van der Waals surface area contributed by atoms with Gasteiger partial charge in [0.25, 0.3) is 5.56 Å². The largest absolute Gasteiger partial charge is 0.373 e. The molecule has 0 amide bonds. The highest BCUT2D eigenvalue weighted by atomic mass is 16.5. The highest BCUT2D eigenvalue weighted by molar-refractivity contribution is 5.06. The maximum Gasteiger partial charge on any atom is 0.255 e. The van der Waals surface area contributed by atoms with Gasteiger partial charge in [-0.3, -0.25) is 4.79 Å². The Balaban J connectivity index is 3.05. The summed E-state index contributed by atoms with van der Waals surface area (Å²) < 4.78 is 5.26. The fraction of sp³-hybridized carbons (Fsp3) is 0.600. The third-order valence-electron chi connectivity index (χ3n) is 2.24. The summed E-state index contributed by atoms with van der Waals surface area (Å²) in [5.74, 6) is 0.802. The van der Waals surface area contributed by atoms with Crippen molar-refractivity contribution in [3.63, 3.8) is 0 Å². The molecule has 84 valence electrons. The van der Waals surface area contributed by atoms with Crippen LogP contribution >= 0.6 is 0 Å². The van der Waals surface area contributed by atoms with Crippen molar-refractivity contribution in [1.29, 1.82) is 0 Å². The molecule has 0 aliphatic carbocycles. The van der Waals surface area contributed by atoms with E-state index in [9.17, 15) is 4.79 Å². The molecule has 0 fully saturated rings. The molecule has 0 aliphatic heterocycles. The van der Waals surface area contributed by atoms with Gasteiger partial charge in [0.05, 0.1) is 0 Å². The van der Waals surface area contributed by atoms with Gasteiger partial charge < -0.3 is 15.5 Å². The molecule has 0 aliphatic rings. The van der Waals surface area contributed by atoms with Gasteiger partial charge in [0.2, 0.25) is 0 Å². The minimum atomic E-state index is -0.190. The first-order chi connectivity index (χ1) is 7.10. The van der Waals surface area contributed by atoms with Crippen molar-refractivity contribution in [1.82, 2.24) is 9.97 Å². The van der Waals surface area contributed by atoms with Crippen LogP contribution in [0.1, 0.15) is 31.3 Å². The van der Waals surface area contributed by atoms with Crippen LogP contribution in [-0.2, 0) is 11.3 Å². The van der Waals surface area contributed by atoms with Crippen LogP contribution in [0.5, 0.6) is 0 Å². The van der Waals surface area contributed by atoms with Crippen LogP contribution < -0.4 is 11.3 Å². The maximum atomic E-state index is 11.5. The third kappa shape index (κ3) is 2.64. The van der Waals surface area contributed by atoms with Crippen LogP contribution in [0, 0.1) is 5.92 Å². The summed E-state index contributed by atoms with van der Waals surface area (Å²) in [4.78, 5) is 18.3. The van der Waals surface area contributed by atoms with Gasteiger partial charge in [-0.15, -0.1) is 0 Å². The lowest BCUT2D eigenvalue weighted by molar-refractivity contribution is 0.0572. The number of hydrogen-bond acceptors (Lipinski definition) is 4. The zero-order valence-corrected chi connectivity index (χ0v) is 9.28. The van der Waals surface area contributed by atoms with Crippen LogP contribution in [0.2, 0.25) is 0 Å². The molecule has 0 aromatic carbocycles. The number of rotatable bonds is 4. The number of aromatic nitrogens is 2. The van der Waals surface area contributed by atoms with E-state index in [2.05, 4.69) is 9.97 Å². The minimum Gasteiger partial charge on any atom is -0.373 e. The molecular formula is C10H17N3O2. The smallest absolute Gasteiger partial charge is 0.255 e. The molecular weight excluding hydrogens is 194 g/mol. The first kappa shape index (κ1) is 11.9. The quantitative estimate of drug-likeness (QED) is 0.763. The molecule has 5 heteroatoms. The van der Waals surface area contributed by atoms with Gasteiger partial charge in [-0.2, -0.15) is 0 Å². The monoisotopic (exact) mass is 211 g/mol. The number of nitrogens with zero attached hydrogens (tertiary/aromatic N) is 1. The Hall–Kier alpha value is -1.20. The topological polar surface area (TPSA) is 81.0 Å². The fourth-order valence-electron chi connectivity index (χ4n) is 1.42. The van der Waals surface area contributed by atoms with Gasteiger partial charge >= 0.3 is 0 Å². The summed E-state index contributed by atoms with van der Waals surface area (Å²) in [7, 11) is 1.60. The number of nitrogens with two attached hydrogens (primary N) is 1. The second kappa shape index (κ2) is 5.04. The summed E-state index contributed by atoms with van der Waals surface area (Å²) in [5.41, 5.74) is 5.67. The lowest BCUT2D eigenvalue weighted by atomic mass is 10.1. The molecule has 1 aromatic rings. The Labute approximate surface area is 88.7 Å². The second-order valence-electron chi connectivity index (χ2n) is 3.73. The number of nitrogens with one attached hydrogen (secondary N) is 1. The van der Waals surface area contributed by atoms with E-state index in [0.717, 1.165) is 0 Å². The van der Waals surface area contributed by atoms with E-state index in [0.29, 0.717) is 11.4 Å². The second-order valence-corrected chi connectivity index (χ2v) is 3.73.